The average molecular weight is 178 g/mol. The summed E-state index contributed by atoms with van der Waals surface area (Å²) in [6.07, 6.45) is 0. The molecule has 67 valence electrons. The molecule has 0 aliphatic rings. The zero-order valence-electron chi connectivity index (χ0n) is 8.29. The molecule has 1 radical (unpaired) electrons. The van der Waals surface area contributed by atoms with E-state index in [-0.39, 0.29) is 5.41 Å². The molecule has 0 heterocycles. The van der Waals surface area contributed by atoms with Crippen LogP contribution in [0.5, 0.6) is 0 Å². The molecule has 0 saturated carbocycles. The van der Waals surface area contributed by atoms with Gasteiger partial charge in [0.25, 0.3) is 0 Å². The van der Waals surface area contributed by atoms with E-state index in [0.717, 1.165) is 0 Å². The van der Waals surface area contributed by atoms with Gasteiger partial charge in [0.15, 0.2) is 0 Å². The molecule has 0 aromatic carbocycles. The Labute approximate surface area is 74.8 Å². The van der Waals surface area contributed by atoms with Gasteiger partial charge in [-0.05, 0) is 26.2 Å². The molecule has 11 heavy (non-hydrogen) atoms. The molecule has 0 bridgehead atoms. The zero-order chi connectivity index (χ0) is 9.50. The van der Waals surface area contributed by atoms with Gasteiger partial charge in [-0.15, -0.1) is 11.6 Å². The van der Waals surface area contributed by atoms with Crippen LogP contribution in [0.4, 0.5) is 0 Å². The minimum Gasteiger partial charge on any atom is -0.228 e. The lowest BCUT2D eigenvalue weighted by atomic mass is 9.72. The fourth-order valence-electron chi connectivity index (χ4n) is 0.903. The number of hydrogen-bond donors (Lipinski definition) is 0. The first-order valence-corrected chi connectivity index (χ1v) is 4.27. The van der Waals surface area contributed by atoms with Gasteiger partial charge in [-0.2, -0.15) is 0 Å². The Morgan fingerprint density at radius 2 is 1.18 bits per heavy atom. The maximum Gasteiger partial charge on any atom is 0.117 e. The molecule has 1 nitrogen and oxygen atoms in total. The SMILES string of the molecule is CC(C)(C)C(C)(Cl)C(C)(C)[O]. The predicted octanol–water partition coefficient (Wildman–Crippen LogP) is 3.24. The van der Waals surface area contributed by atoms with E-state index in [1.54, 1.807) is 13.8 Å². The first-order valence-electron chi connectivity index (χ1n) is 3.89. The Balaban J connectivity index is 4.75. The summed E-state index contributed by atoms with van der Waals surface area (Å²) in [6, 6.07) is 0. The lowest BCUT2D eigenvalue weighted by Gasteiger charge is -2.43. The van der Waals surface area contributed by atoms with E-state index in [0.29, 0.717) is 0 Å². The van der Waals surface area contributed by atoms with E-state index in [9.17, 15) is 5.11 Å². The maximum atomic E-state index is 11.6. The highest BCUT2D eigenvalue weighted by molar-refractivity contribution is 6.25. The molecule has 0 aromatic rings. The molecule has 2 heteroatoms. The first-order chi connectivity index (χ1) is 4.50. The molecule has 0 aromatic heterocycles. The zero-order valence-corrected chi connectivity index (χ0v) is 9.04. The normalized spacial score (nSPS) is 19.6. The molecular formula is C9H18ClO. The van der Waals surface area contributed by atoms with E-state index in [2.05, 4.69) is 0 Å². The molecule has 0 amide bonds. The third-order valence-corrected chi connectivity index (χ3v) is 3.56. The number of halogens is 1. The van der Waals surface area contributed by atoms with E-state index in [4.69, 9.17) is 11.6 Å². The van der Waals surface area contributed by atoms with Crippen molar-refractivity contribution in [1.29, 1.82) is 0 Å². The summed E-state index contributed by atoms with van der Waals surface area (Å²) in [5, 5.41) is 11.6. The summed E-state index contributed by atoms with van der Waals surface area (Å²) >= 11 is 6.18. The predicted molar refractivity (Wildman–Crippen MR) is 48.5 cm³/mol. The van der Waals surface area contributed by atoms with Crippen LogP contribution in [0.25, 0.3) is 0 Å². The van der Waals surface area contributed by atoms with Crippen molar-refractivity contribution in [2.24, 2.45) is 5.41 Å². The van der Waals surface area contributed by atoms with Crippen molar-refractivity contribution in [2.75, 3.05) is 0 Å². The van der Waals surface area contributed by atoms with Crippen LogP contribution in [0.1, 0.15) is 41.5 Å². The highest BCUT2D eigenvalue weighted by atomic mass is 35.5. The van der Waals surface area contributed by atoms with Gasteiger partial charge in [-0.25, -0.2) is 5.11 Å². The van der Waals surface area contributed by atoms with Crippen molar-refractivity contribution < 1.29 is 5.11 Å². The molecule has 0 N–H and O–H groups in total. The van der Waals surface area contributed by atoms with Crippen LogP contribution < -0.4 is 0 Å². The molecule has 1 unspecified atom stereocenters. The number of hydrogen-bond acceptors (Lipinski definition) is 0. The summed E-state index contributed by atoms with van der Waals surface area (Å²) in [5.74, 6) is 0. The Morgan fingerprint density at radius 1 is 0.909 bits per heavy atom. The van der Waals surface area contributed by atoms with E-state index in [1.165, 1.54) is 0 Å². The summed E-state index contributed by atoms with van der Waals surface area (Å²) in [4.78, 5) is -0.708. The maximum absolute atomic E-state index is 11.6. The highest BCUT2D eigenvalue weighted by Crippen LogP contribution is 2.44. The third kappa shape index (κ3) is 2.09. The molecule has 0 spiro atoms. The van der Waals surface area contributed by atoms with E-state index in [1.807, 2.05) is 27.7 Å². The third-order valence-electron chi connectivity index (χ3n) is 2.54. The van der Waals surface area contributed by atoms with Gasteiger partial charge in [0.2, 0.25) is 0 Å². The van der Waals surface area contributed by atoms with Gasteiger partial charge in [0.05, 0.1) is 4.87 Å². The Bertz CT molecular complexity index is 121. The Hall–Kier alpha value is 0.250. The molecule has 1 atom stereocenters. The standard InChI is InChI=1S/C9H18ClO/c1-7(2,3)9(6,10)8(4,5)11/h1-6H3. The first kappa shape index (κ1) is 11.2. The number of alkyl halides is 1. The second-order valence-corrected chi connectivity index (χ2v) is 5.52. The van der Waals surface area contributed by atoms with Gasteiger partial charge < -0.3 is 0 Å². The minimum absolute atomic E-state index is 0.167. The van der Waals surface area contributed by atoms with Crippen molar-refractivity contribution >= 4 is 11.6 Å². The Morgan fingerprint density at radius 3 is 1.18 bits per heavy atom. The van der Waals surface area contributed by atoms with Crippen LogP contribution in [0, 0.1) is 5.41 Å². The molecule has 0 rings (SSSR count). The van der Waals surface area contributed by atoms with Gasteiger partial charge >= 0.3 is 0 Å². The van der Waals surface area contributed by atoms with Crippen LogP contribution in [0.2, 0.25) is 0 Å². The minimum atomic E-state index is -1.10. The molecular weight excluding hydrogens is 160 g/mol. The smallest absolute Gasteiger partial charge is 0.117 e. The van der Waals surface area contributed by atoms with Crippen LogP contribution in [-0.4, -0.2) is 10.5 Å². The lowest BCUT2D eigenvalue weighted by Crippen LogP contribution is -2.51. The largest absolute Gasteiger partial charge is 0.228 e. The van der Waals surface area contributed by atoms with Crippen molar-refractivity contribution in [2.45, 2.75) is 52.0 Å². The number of rotatable bonds is 1. The van der Waals surface area contributed by atoms with Gasteiger partial charge in [-0.1, -0.05) is 20.8 Å². The van der Waals surface area contributed by atoms with Crippen molar-refractivity contribution in [3.8, 4) is 0 Å². The summed E-state index contributed by atoms with van der Waals surface area (Å²) < 4.78 is 0. The highest BCUT2D eigenvalue weighted by Gasteiger charge is 2.48. The van der Waals surface area contributed by atoms with Crippen LogP contribution in [0.15, 0.2) is 0 Å². The van der Waals surface area contributed by atoms with Gasteiger partial charge in [-0.3, -0.25) is 0 Å². The Kier molecular flexibility index (Phi) is 2.69. The quantitative estimate of drug-likeness (QED) is 0.548. The average Bonchev–Trinajstić information content (AvgIpc) is 1.58. The van der Waals surface area contributed by atoms with Crippen LogP contribution in [0.3, 0.4) is 0 Å². The second-order valence-electron chi connectivity index (χ2n) is 4.76. The van der Waals surface area contributed by atoms with E-state index < -0.39 is 10.5 Å². The van der Waals surface area contributed by atoms with Gasteiger partial charge in [0.1, 0.15) is 5.60 Å². The molecule has 0 fully saturated rings. The molecule has 0 aliphatic carbocycles. The summed E-state index contributed by atoms with van der Waals surface area (Å²) in [5.41, 5.74) is -1.27. The fourth-order valence-corrected chi connectivity index (χ4v) is 0.903. The second kappa shape index (κ2) is 2.63. The van der Waals surface area contributed by atoms with E-state index >= 15 is 0 Å². The fraction of sp³-hybridized carbons (Fsp3) is 1.00. The molecule has 0 aliphatic heterocycles. The van der Waals surface area contributed by atoms with Crippen LogP contribution >= 0.6 is 11.6 Å². The summed E-state index contributed by atoms with van der Waals surface area (Å²) in [7, 11) is 0. The van der Waals surface area contributed by atoms with Gasteiger partial charge in [0, 0.05) is 0 Å². The van der Waals surface area contributed by atoms with Crippen molar-refractivity contribution in [3.63, 3.8) is 0 Å². The van der Waals surface area contributed by atoms with Crippen LogP contribution in [-0.2, 0) is 5.11 Å². The molecule has 0 saturated heterocycles. The topological polar surface area (TPSA) is 19.9 Å². The lowest BCUT2D eigenvalue weighted by molar-refractivity contribution is -0.0602. The monoisotopic (exact) mass is 177 g/mol. The van der Waals surface area contributed by atoms with Crippen molar-refractivity contribution in [1.82, 2.24) is 0 Å². The van der Waals surface area contributed by atoms with Crippen molar-refractivity contribution in [3.05, 3.63) is 0 Å². The summed E-state index contributed by atoms with van der Waals surface area (Å²) in [6.45, 7) is 11.0.